The van der Waals surface area contributed by atoms with Crippen molar-refractivity contribution in [2.45, 2.75) is 30.5 Å². The van der Waals surface area contributed by atoms with Gasteiger partial charge in [0.15, 0.2) is 5.16 Å². The van der Waals surface area contributed by atoms with Gasteiger partial charge in [0.2, 0.25) is 5.79 Å². The molecule has 8 nitrogen and oxygen atoms in total. The number of aromatic nitrogens is 5. The Morgan fingerprint density at radius 1 is 1.17 bits per heavy atom. The van der Waals surface area contributed by atoms with Crippen molar-refractivity contribution < 1.29 is 14.2 Å². The van der Waals surface area contributed by atoms with E-state index in [2.05, 4.69) is 15.2 Å². The second kappa shape index (κ2) is 10.2. The molecule has 2 aromatic carbocycles. The Bertz CT molecular complexity index is 1300. The number of rotatable bonds is 8. The molecule has 1 aliphatic rings. The second-order valence-electron chi connectivity index (χ2n) is 8.04. The third-order valence-electron chi connectivity index (χ3n) is 5.66. The summed E-state index contributed by atoms with van der Waals surface area (Å²) in [6, 6.07) is 13.1. The molecule has 0 saturated carbocycles. The molecule has 3 heterocycles. The number of ether oxygens (including phenoxy) is 3. The first-order valence-corrected chi connectivity index (χ1v) is 12.9. The molecular formula is C24H23Cl2N5O3S. The van der Waals surface area contributed by atoms with Crippen molar-refractivity contribution in [3.8, 4) is 11.4 Å². The van der Waals surface area contributed by atoms with Crippen LogP contribution in [0.1, 0.15) is 11.4 Å². The molecule has 0 bridgehead atoms. The van der Waals surface area contributed by atoms with Crippen molar-refractivity contribution in [3.63, 3.8) is 0 Å². The molecule has 0 unspecified atom stereocenters. The van der Waals surface area contributed by atoms with Crippen molar-refractivity contribution in [3.05, 3.63) is 82.6 Å². The minimum absolute atomic E-state index is 0.298. The largest absolute Gasteiger partial charge is 0.491 e. The Kier molecular flexibility index (Phi) is 7.04. The average molecular weight is 532 g/mol. The van der Waals surface area contributed by atoms with Crippen LogP contribution in [0.15, 0.2) is 66.3 Å². The molecule has 0 radical (unpaired) electrons. The number of hydrogen-bond donors (Lipinski definition) is 0. The highest BCUT2D eigenvalue weighted by Gasteiger charge is 2.45. The Morgan fingerprint density at radius 2 is 2.00 bits per heavy atom. The van der Waals surface area contributed by atoms with E-state index in [4.69, 9.17) is 37.4 Å². The van der Waals surface area contributed by atoms with Crippen LogP contribution in [0.4, 0.5) is 0 Å². The molecule has 11 heteroatoms. The van der Waals surface area contributed by atoms with Gasteiger partial charge in [-0.25, -0.2) is 4.98 Å². The van der Waals surface area contributed by atoms with Gasteiger partial charge in [-0.05, 0) is 49.6 Å². The molecule has 182 valence electrons. The highest BCUT2D eigenvalue weighted by molar-refractivity contribution is 7.98. The normalized spacial score (nSPS) is 19.8. The summed E-state index contributed by atoms with van der Waals surface area (Å²) in [5.74, 6) is 0.473. The first kappa shape index (κ1) is 24.1. The summed E-state index contributed by atoms with van der Waals surface area (Å²) >= 11 is 14.2. The fourth-order valence-electron chi connectivity index (χ4n) is 4.03. The lowest BCUT2D eigenvalue weighted by Crippen LogP contribution is -2.34. The number of aryl methyl sites for hydroxylation is 1. The molecule has 0 amide bonds. The van der Waals surface area contributed by atoms with Gasteiger partial charge in [0.1, 0.15) is 24.3 Å². The molecule has 0 spiro atoms. The van der Waals surface area contributed by atoms with Crippen molar-refractivity contribution in [1.82, 2.24) is 24.3 Å². The summed E-state index contributed by atoms with van der Waals surface area (Å²) in [7, 11) is 0. The molecular weight excluding hydrogens is 509 g/mol. The third-order valence-corrected chi connectivity index (χ3v) is 6.84. The summed E-state index contributed by atoms with van der Waals surface area (Å²) in [6.45, 7) is 2.98. The predicted octanol–water partition coefficient (Wildman–Crippen LogP) is 5.15. The molecule has 0 N–H and O–H groups in total. The maximum atomic E-state index is 6.54. The van der Waals surface area contributed by atoms with E-state index in [9.17, 15) is 0 Å². The van der Waals surface area contributed by atoms with E-state index < -0.39 is 5.79 Å². The monoisotopic (exact) mass is 531 g/mol. The number of benzene rings is 2. The topological polar surface area (TPSA) is 76.2 Å². The van der Waals surface area contributed by atoms with Crippen LogP contribution in [-0.4, -0.2) is 49.9 Å². The lowest BCUT2D eigenvalue weighted by molar-refractivity contribution is -0.189. The predicted molar refractivity (Wildman–Crippen MR) is 135 cm³/mol. The summed E-state index contributed by atoms with van der Waals surface area (Å²) < 4.78 is 22.6. The summed E-state index contributed by atoms with van der Waals surface area (Å²) in [5, 5.41) is 10.2. The molecule has 35 heavy (non-hydrogen) atoms. The smallest absolute Gasteiger partial charge is 0.215 e. The Labute approximate surface area is 217 Å². The van der Waals surface area contributed by atoms with Gasteiger partial charge in [0.05, 0.1) is 24.5 Å². The minimum atomic E-state index is -1.08. The van der Waals surface area contributed by atoms with Crippen LogP contribution in [0.3, 0.4) is 0 Å². The van der Waals surface area contributed by atoms with E-state index in [0.717, 1.165) is 22.4 Å². The first-order valence-electron chi connectivity index (χ1n) is 10.9. The van der Waals surface area contributed by atoms with Crippen molar-refractivity contribution in [2.24, 2.45) is 0 Å². The molecule has 1 aliphatic heterocycles. The van der Waals surface area contributed by atoms with Crippen molar-refractivity contribution >= 4 is 35.0 Å². The van der Waals surface area contributed by atoms with Crippen LogP contribution >= 0.6 is 35.0 Å². The first-order chi connectivity index (χ1) is 17.0. The molecule has 2 aromatic heterocycles. The van der Waals surface area contributed by atoms with Crippen LogP contribution in [-0.2, 0) is 21.8 Å². The Morgan fingerprint density at radius 3 is 2.71 bits per heavy atom. The lowest BCUT2D eigenvalue weighted by Gasteiger charge is -2.30. The quantitative estimate of drug-likeness (QED) is 0.291. The van der Waals surface area contributed by atoms with Gasteiger partial charge in [0.25, 0.3) is 0 Å². The summed E-state index contributed by atoms with van der Waals surface area (Å²) in [5.41, 5.74) is 1.68. The van der Waals surface area contributed by atoms with Gasteiger partial charge in [-0.2, -0.15) is 0 Å². The number of hydrogen-bond acceptors (Lipinski definition) is 7. The number of thioether (sulfide) groups is 1. The lowest BCUT2D eigenvalue weighted by atomic mass is 10.1. The standard InChI is InChI=1S/C24H23Cl2N5O3S/c1-16-28-29-23(35-2)31(16)18-4-6-19(7-5-18)32-12-20-13-33-24(34-20,14-30-10-9-27-15-30)21-8-3-17(25)11-22(21)26/h3-11,15,20H,12-14H2,1-2H3/t20-,24-/m1/s1. The van der Waals surface area contributed by atoms with Gasteiger partial charge in [-0.3, -0.25) is 4.57 Å². The van der Waals surface area contributed by atoms with E-state index >= 15 is 0 Å². The Balaban J connectivity index is 1.30. The fourth-order valence-corrected chi connectivity index (χ4v) is 5.12. The maximum absolute atomic E-state index is 6.54. The minimum Gasteiger partial charge on any atom is -0.491 e. The van der Waals surface area contributed by atoms with Gasteiger partial charge >= 0.3 is 0 Å². The van der Waals surface area contributed by atoms with E-state index in [1.807, 2.05) is 58.8 Å². The molecule has 2 atom stereocenters. The highest BCUT2D eigenvalue weighted by Crippen LogP contribution is 2.40. The van der Waals surface area contributed by atoms with Crippen LogP contribution < -0.4 is 4.74 Å². The summed E-state index contributed by atoms with van der Waals surface area (Å²) in [4.78, 5) is 4.12. The van der Waals surface area contributed by atoms with Crippen molar-refractivity contribution in [2.75, 3.05) is 19.5 Å². The molecule has 1 saturated heterocycles. The summed E-state index contributed by atoms with van der Waals surface area (Å²) in [6.07, 6.45) is 6.95. The molecule has 0 aliphatic carbocycles. The van der Waals surface area contributed by atoms with Gasteiger partial charge < -0.3 is 18.8 Å². The van der Waals surface area contributed by atoms with E-state index in [0.29, 0.717) is 35.4 Å². The fraction of sp³-hybridized carbons (Fsp3) is 0.292. The van der Waals surface area contributed by atoms with Gasteiger partial charge in [-0.1, -0.05) is 41.0 Å². The number of nitrogens with zero attached hydrogens (tertiary/aromatic N) is 5. The van der Waals surface area contributed by atoms with E-state index in [1.54, 1.807) is 36.4 Å². The zero-order valence-corrected chi connectivity index (χ0v) is 21.4. The second-order valence-corrected chi connectivity index (χ2v) is 9.65. The van der Waals surface area contributed by atoms with Gasteiger partial charge in [0, 0.05) is 28.7 Å². The van der Waals surface area contributed by atoms with Crippen LogP contribution in [0.2, 0.25) is 10.0 Å². The maximum Gasteiger partial charge on any atom is 0.215 e. The van der Waals surface area contributed by atoms with Gasteiger partial charge in [-0.15, -0.1) is 10.2 Å². The van der Waals surface area contributed by atoms with E-state index in [1.165, 1.54) is 0 Å². The SMILES string of the molecule is CSc1nnc(C)n1-c1ccc(OC[C@@H]2CO[C@@](Cn3ccnc3)(c3ccc(Cl)cc3Cl)O2)cc1. The molecule has 1 fully saturated rings. The van der Waals surface area contributed by atoms with E-state index in [-0.39, 0.29) is 6.10 Å². The number of imidazole rings is 1. The number of halogens is 2. The molecule has 4 aromatic rings. The average Bonchev–Trinajstić information content (AvgIpc) is 3.59. The zero-order valence-electron chi connectivity index (χ0n) is 19.1. The highest BCUT2D eigenvalue weighted by atomic mass is 35.5. The van der Waals surface area contributed by atoms with Crippen LogP contribution in [0.5, 0.6) is 5.75 Å². The Hall–Kier alpha value is -2.56. The van der Waals surface area contributed by atoms with Crippen molar-refractivity contribution in [1.29, 1.82) is 0 Å². The van der Waals surface area contributed by atoms with Crippen LogP contribution in [0.25, 0.3) is 5.69 Å². The van der Waals surface area contributed by atoms with Crippen LogP contribution in [0, 0.1) is 6.92 Å². The third kappa shape index (κ3) is 5.05. The molecule has 5 rings (SSSR count). The zero-order chi connectivity index (χ0) is 24.4.